The third-order valence-corrected chi connectivity index (χ3v) is 11.1. The highest BCUT2D eigenvalue weighted by Gasteiger charge is 2.19. The van der Waals surface area contributed by atoms with Crippen molar-refractivity contribution in [2.24, 2.45) is 0 Å². The Morgan fingerprint density at radius 1 is 0.309 bits per heavy atom. The third-order valence-electron chi connectivity index (χ3n) is 11.1. The first-order chi connectivity index (χ1) is 33.5. The Kier molecular flexibility index (Phi) is 51.5. The van der Waals surface area contributed by atoms with E-state index in [-0.39, 0.29) is 37.5 Å². The summed E-state index contributed by atoms with van der Waals surface area (Å²) in [5.74, 6) is -0.984. The lowest BCUT2D eigenvalue weighted by atomic mass is 10.1. The molecule has 0 bridgehead atoms. The average Bonchev–Trinajstić information content (AvgIpc) is 3.34. The summed E-state index contributed by atoms with van der Waals surface area (Å²) in [6.45, 7) is 6.31. The largest absolute Gasteiger partial charge is 0.462 e. The molecule has 6 heteroatoms. The van der Waals surface area contributed by atoms with Crippen LogP contribution in [0.3, 0.4) is 0 Å². The summed E-state index contributed by atoms with van der Waals surface area (Å²) in [6.07, 6.45) is 77.1. The van der Waals surface area contributed by atoms with Gasteiger partial charge < -0.3 is 14.2 Å². The lowest BCUT2D eigenvalue weighted by Gasteiger charge is -2.18. The SMILES string of the molecule is CC\C=C/C=C\C=C/C=C\CCCCCC(=O)OCC(COC(=O)CCCCCCCCCCCC/C=C\C=C/CCCCC)OC(=O)CCCCCCC\C=C/C=C\C=C/C=C\C=C/CCC. The Balaban J connectivity index is 4.50. The maximum absolute atomic E-state index is 12.8. The van der Waals surface area contributed by atoms with Gasteiger partial charge in [-0.25, -0.2) is 0 Å². The molecule has 0 saturated carbocycles. The summed E-state index contributed by atoms with van der Waals surface area (Å²) in [4.78, 5) is 38.1. The molecule has 0 aromatic carbocycles. The molecule has 0 aromatic rings. The molecule has 1 unspecified atom stereocenters. The number of esters is 3. The van der Waals surface area contributed by atoms with E-state index in [9.17, 15) is 14.4 Å². The first kappa shape index (κ1) is 63.5. The Morgan fingerprint density at radius 2 is 0.603 bits per heavy atom. The van der Waals surface area contributed by atoms with Gasteiger partial charge in [-0.05, 0) is 83.5 Å². The van der Waals surface area contributed by atoms with Crippen molar-refractivity contribution in [3.8, 4) is 0 Å². The topological polar surface area (TPSA) is 78.9 Å². The molecule has 0 heterocycles. The fourth-order valence-electron chi connectivity index (χ4n) is 7.00. The summed E-state index contributed by atoms with van der Waals surface area (Å²) in [7, 11) is 0. The first-order valence-corrected chi connectivity index (χ1v) is 27.3. The van der Waals surface area contributed by atoms with Crippen molar-refractivity contribution in [2.75, 3.05) is 13.2 Å². The second-order valence-corrected chi connectivity index (χ2v) is 17.6. The van der Waals surface area contributed by atoms with Crippen molar-refractivity contribution >= 4 is 17.9 Å². The number of carbonyl (C=O) groups is 3. The zero-order chi connectivity index (χ0) is 49.3. The Hall–Kier alpha value is -4.45. The molecular weight excluding hydrogens is 841 g/mol. The zero-order valence-corrected chi connectivity index (χ0v) is 43.6. The minimum atomic E-state index is -0.815. The summed E-state index contributed by atoms with van der Waals surface area (Å²) < 4.78 is 16.8. The number of allylic oxidation sites excluding steroid dienone is 22. The number of unbranched alkanes of at least 4 members (excludes halogenated alkanes) is 22. The number of carbonyl (C=O) groups excluding carboxylic acids is 3. The van der Waals surface area contributed by atoms with Crippen LogP contribution in [0, 0.1) is 0 Å². The number of rotatable bonds is 47. The molecule has 0 aliphatic heterocycles. The van der Waals surface area contributed by atoms with Crippen LogP contribution in [-0.4, -0.2) is 37.2 Å². The van der Waals surface area contributed by atoms with Gasteiger partial charge in [-0.15, -0.1) is 0 Å². The molecule has 0 spiro atoms. The summed E-state index contributed by atoms with van der Waals surface area (Å²) in [5, 5.41) is 0. The number of ether oxygens (including phenoxy) is 3. The van der Waals surface area contributed by atoms with Crippen molar-refractivity contribution in [1.29, 1.82) is 0 Å². The van der Waals surface area contributed by atoms with Crippen LogP contribution in [0.25, 0.3) is 0 Å². The molecule has 68 heavy (non-hydrogen) atoms. The standard InChI is InChI=1S/C62H98O6/c1-4-7-10-13-16-19-22-25-27-29-31-33-34-37-40-43-46-49-52-55-61(64)67-58-59(57-66-60(63)54-51-48-45-42-39-36-24-21-18-15-12-9-6-3)68-62(65)56-53-50-47-44-41-38-35-32-30-28-26-23-20-17-14-11-8-5-2/h9,11-12,14-26,28,30,32,35-36,39,59H,4-8,10,13,27,29,31,33-34,37-38,40-58H2,1-3H3/b12-9-,14-11-,18-15-,19-16-,20-17-,24-21-,25-22-,26-23-,30-28-,35-32-,39-36-. The average molecular weight is 939 g/mol. The maximum atomic E-state index is 12.8. The Bertz CT molecular complexity index is 1500. The molecule has 0 N–H and O–H groups in total. The van der Waals surface area contributed by atoms with Gasteiger partial charge in [-0.2, -0.15) is 0 Å². The van der Waals surface area contributed by atoms with E-state index in [2.05, 4.69) is 81.5 Å². The second kappa shape index (κ2) is 55.1. The molecule has 0 fully saturated rings. The van der Waals surface area contributed by atoms with Crippen molar-refractivity contribution in [2.45, 2.75) is 226 Å². The molecular formula is C62H98O6. The van der Waals surface area contributed by atoms with Gasteiger partial charge in [-0.1, -0.05) is 251 Å². The molecule has 0 radical (unpaired) electrons. The quantitative estimate of drug-likeness (QED) is 0.0262. The van der Waals surface area contributed by atoms with Crippen LogP contribution in [0.2, 0.25) is 0 Å². The van der Waals surface area contributed by atoms with Crippen LogP contribution in [0.5, 0.6) is 0 Å². The highest BCUT2D eigenvalue weighted by molar-refractivity contribution is 5.71. The van der Waals surface area contributed by atoms with E-state index in [1.54, 1.807) is 0 Å². The van der Waals surface area contributed by atoms with E-state index in [1.807, 2.05) is 72.9 Å². The normalized spacial score (nSPS) is 13.2. The summed E-state index contributed by atoms with van der Waals surface area (Å²) >= 11 is 0. The van der Waals surface area contributed by atoms with Gasteiger partial charge in [0.1, 0.15) is 13.2 Å². The van der Waals surface area contributed by atoms with E-state index in [0.29, 0.717) is 12.8 Å². The van der Waals surface area contributed by atoms with Crippen LogP contribution < -0.4 is 0 Å². The van der Waals surface area contributed by atoms with Gasteiger partial charge in [0.2, 0.25) is 0 Å². The second-order valence-electron chi connectivity index (χ2n) is 17.6. The van der Waals surface area contributed by atoms with Crippen molar-refractivity contribution in [3.63, 3.8) is 0 Å². The first-order valence-electron chi connectivity index (χ1n) is 27.3. The molecule has 382 valence electrons. The van der Waals surface area contributed by atoms with Crippen LogP contribution in [0.1, 0.15) is 220 Å². The van der Waals surface area contributed by atoms with Gasteiger partial charge in [0.15, 0.2) is 6.10 Å². The monoisotopic (exact) mass is 939 g/mol. The fourth-order valence-corrected chi connectivity index (χ4v) is 7.00. The van der Waals surface area contributed by atoms with Gasteiger partial charge in [0, 0.05) is 19.3 Å². The number of hydrogen-bond acceptors (Lipinski definition) is 6. The van der Waals surface area contributed by atoms with E-state index in [1.165, 1.54) is 83.5 Å². The summed E-state index contributed by atoms with van der Waals surface area (Å²) in [6, 6.07) is 0. The van der Waals surface area contributed by atoms with Crippen molar-refractivity contribution < 1.29 is 28.6 Å². The van der Waals surface area contributed by atoms with Crippen LogP contribution >= 0.6 is 0 Å². The van der Waals surface area contributed by atoms with Crippen LogP contribution in [0.15, 0.2) is 134 Å². The van der Waals surface area contributed by atoms with E-state index < -0.39 is 6.10 Å². The third kappa shape index (κ3) is 52.5. The zero-order valence-electron chi connectivity index (χ0n) is 43.6. The predicted molar refractivity (Wildman–Crippen MR) is 292 cm³/mol. The molecule has 0 aromatic heterocycles. The van der Waals surface area contributed by atoms with Crippen molar-refractivity contribution in [3.05, 3.63) is 134 Å². The lowest BCUT2D eigenvalue weighted by Crippen LogP contribution is -2.30. The number of hydrogen-bond donors (Lipinski definition) is 0. The maximum Gasteiger partial charge on any atom is 0.306 e. The van der Waals surface area contributed by atoms with Gasteiger partial charge in [0.05, 0.1) is 0 Å². The molecule has 1 atom stereocenters. The molecule has 0 rings (SSSR count). The van der Waals surface area contributed by atoms with Gasteiger partial charge in [0.25, 0.3) is 0 Å². The van der Waals surface area contributed by atoms with Gasteiger partial charge in [-0.3, -0.25) is 14.4 Å². The Labute approximate surface area is 417 Å². The molecule has 0 amide bonds. The minimum absolute atomic E-state index is 0.108. The van der Waals surface area contributed by atoms with Crippen molar-refractivity contribution in [1.82, 2.24) is 0 Å². The Morgan fingerprint density at radius 3 is 0.985 bits per heavy atom. The minimum Gasteiger partial charge on any atom is -0.462 e. The predicted octanol–water partition coefficient (Wildman–Crippen LogP) is 18.3. The van der Waals surface area contributed by atoms with E-state index in [4.69, 9.17) is 14.2 Å². The van der Waals surface area contributed by atoms with Crippen LogP contribution in [0.4, 0.5) is 0 Å². The molecule has 0 saturated heterocycles. The van der Waals surface area contributed by atoms with Crippen LogP contribution in [-0.2, 0) is 28.6 Å². The van der Waals surface area contributed by atoms with Gasteiger partial charge >= 0.3 is 17.9 Å². The fraction of sp³-hybridized carbons (Fsp3) is 0.597. The van der Waals surface area contributed by atoms with E-state index >= 15 is 0 Å². The smallest absolute Gasteiger partial charge is 0.306 e. The lowest BCUT2D eigenvalue weighted by molar-refractivity contribution is -0.167. The highest BCUT2D eigenvalue weighted by atomic mass is 16.6. The summed E-state index contributed by atoms with van der Waals surface area (Å²) in [5.41, 5.74) is 0. The molecule has 0 aliphatic rings. The molecule has 0 aliphatic carbocycles. The highest BCUT2D eigenvalue weighted by Crippen LogP contribution is 2.14. The molecule has 6 nitrogen and oxygen atoms in total. The van der Waals surface area contributed by atoms with E-state index in [0.717, 1.165) is 96.3 Å².